The number of aliphatic hydroxyl groups is 1. The maximum atomic E-state index is 14.4. The van der Waals surface area contributed by atoms with Crippen molar-refractivity contribution in [2.45, 2.75) is 95.9 Å². The number of Topliss-reactive ketones (excluding diaryl/α,β-unsaturated/α-hetero) is 1. The molecule has 0 saturated carbocycles. The van der Waals surface area contributed by atoms with Gasteiger partial charge in [-0.15, -0.1) is 0 Å². The third-order valence-electron chi connectivity index (χ3n) is 8.46. The van der Waals surface area contributed by atoms with Gasteiger partial charge in [0.15, 0.2) is 6.29 Å². The molecule has 5 atom stereocenters. The maximum absolute atomic E-state index is 14.4. The molecule has 2 aliphatic rings. The van der Waals surface area contributed by atoms with Crippen molar-refractivity contribution in [2.75, 3.05) is 20.3 Å². The van der Waals surface area contributed by atoms with E-state index in [0.29, 0.717) is 55.6 Å². The summed E-state index contributed by atoms with van der Waals surface area (Å²) >= 11 is 0. The first-order valence-corrected chi connectivity index (χ1v) is 16.9. The van der Waals surface area contributed by atoms with Gasteiger partial charge in [0, 0.05) is 19.4 Å². The first kappa shape index (κ1) is 34.8. The number of sulfonamides is 1. The molecule has 0 unspecified atom stereocenters. The summed E-state index contributed by atoms with van der Waals surface area (Å²) in [6.45, 7) is 7.87. The predicted octanol–water partition coefficient (Wildman–Crippen LogP) is 4.41. The average Bonchev–Trinajstić information content (AvgIpc) is 3.63. The lowest BCUT2D eigenvalue weighted by Crippen LogP contribution is -2.56. The van der Waals surface area contributed by atoms with Gasteiger partial charge in [0.25, 0.3) is 0 Å². The summed E-state index contributed by atoms with van der Waals surface area (Å²) in [7, 11) is -2.79. The number of methoxy groups -OCH3 is 1. The molecular formula is C33H46N2O9S. The normalized spacial score (nSPS) is 21.3. The van der Waals surface area contributed by atoms with E-state index in [2.05, 4.69) is 5.32 Å². The van der Waals surface area contributed by atoms with E-state index in [1.165, 1.54) is 20.1 Å². The minimum atomic E-state index is -4.31. The van der Waals surface area contributed by atoms with E-state index in [1.807, 2.05) is 26.8 Å². The lowest BCUT2D eigenvalue weighted by Gasteiger charge is -2.34. The zero-order valence-electron chi connectivity index (χ0n) is 26.7. The van der Waals surface area contributed by atoms with Crippen LogP contribution in [0.4, 0.5) is 4.79 Å². The number of fused-ring (bicyclic) bond motifs is 1. The number of hydrogen-bond donors (Lipinski definition) is 2. The Kier molecular flexibility index (Phi) is 11.6. The van der Waals surface area contributed by atoms with Crippen molar-refractivity contribution < 1.29 is 42.1 Å². The molecule has 0 spiro atoms. The van der Waals surface area contributed by atoms with Crippen molar-refractivity contribution in [3.8, 4) is 5.75 Å². The Bertz CT molecular complexity index is 1410. The van der Waals surface area contributed by atoms with Crippen LogP contribution in [0, 0.1) is 11.3 Å². The molecule has 2 aromatic rings. The van der Waals surface area contributed by atoms with Crippen molar-refractivity contribution in [1.29, 1.82) is 0 Å². The largest absolute Gasteiger partial charge is 0.496 e. The highest BCUT2D eigenvalue weighted by Gasteiger charge is 2.44. The van der Waals surface area contributed by atoms with Gasteiger partial charge in [0.2, 0.25) is 10.0 Å². The Morgan fingerprint density at radius 2 is 1.89 bits per heavy atom. The van der Waals surface area contributed by atoms with Crippen LogP contribution in [-0.4, -0.2) is 74.7 Å². The number of aliphatic hydroxyl groups excluding tert-OH is 1. The van der Waals surface area contributed by atoms with Crippen molar-refractivity contribution in [1.82, 2.24) is 9.62 Å². The average molecular weight is 647 g/mol. The number of hydrogen-bond acceptors (Lipinski definition) is 9. The molecule has 0 radical (unpaired) electrons. The number of carbonyl (C=O) groups excluding carboxylic acids is 2. The number of ketones is 1. The second-order valence-corrected chi connectivity index (χ2v) is 14.4. The minimum Gasteiger partial charge on any atom is -0.496 e. The molecule has 11 nitrogen and oxygen atoms in total. The number of benzene rings is 2. The Morgan fingerprint density at radius 3 is 2.56 bits per heavy atom. The van der Waals surface area contributed by atoms with Gasteiger partial charge in [-0.25, -0.2) is 13.2 Å². The summed E-state index contributed by atoms with van der Waals surface area (Å²) in [5.74, 6) is 0.599. The van der Waals surface area contributed by atoms with Crippen molar-refractivity contribution in [2.24, 2.45) is 11.3 Å². The summed E-state index contributed by atoms with van der Waals surface area (Å²) in [6, 6.07) is 13.6. The third kappa shape index (κ3) is 8.82. The number of alkyl carbamates (subject to hydrolysis) is 1. The molecular weight excluding hydrogens is 600 g/mol. The number of nitrogens with one attached hydrogen (secondary N) is 1. The fraction of sp³-hybridized carbons (Fsp3) is 0.576. The SMILES string of the molecule is CCC(=O)CCC(C)(C)Cc1cc(S(=O)(=O)N(Cc2ccccc2)[C@H](NC(=O)O[C@H]2CO[C@H]3OCC[C@H]32)[C@@H](C)O)ccc1OC. The second-order valence-electron chi connectivity index (χ2n) is 12.5. The Labute approximate surface area is 266 Å². The van der Waals surface area contributed by atoms with Crippen LogP contribution in [0.3, 0.4) is 0 Å². The van der Waals surface area contributed by atoms with Crippen LogP contribution in [0.2, 0.25) is 0 Å². The fourth-order valence-electron chi connectivity index (χ4n) is 5.82. The Hall–Kier alpha value is -3.03. The van der Waals surface area contributed by atoms with Crippen LogP contribution in [0.15, 0.2) is 53.4 Å². The zero-order valence-corrected chi connectivity index (χ0v) is 27.5. The van der Waals surface area contributed by atoms with Crippen LogP contribution in [-0.2, 0) is 42.0 Å². The fourth-order valence-corrected chi connectivity index (χ4v) is 7.47. The van der Waals surface area contributed by atoms with Crippen LogP contribution in [0.5, 0.6) is 5.75 Å². The lowest BCUT2D eigenvalue weighted by molar-refractivity contribution is -0.119. The number of carbonyl (C=O) groups is 2. The molecule has 4 rings (SSSR count). The van der Waals surface area contributed by atoms with Gasteiger partial charge in [-0.3, -0.25) is 4.79 Å². The van der Waals surface area contributed by atoms with Crippen LogP contribution in [0.25, 0.3) is 0 Å². The van der Waals surface area contributed by atoms with Crippen LogP contribution < -0.4 is 10.1 Å². The summed E-state index contributed by atoms with van der Waals surface area (Å²) in [6.07, 6.45) is -1.80. The summed E-state index contributed by atoms with van der Waals surface area (Å²) < 4.78 is 52.3. The molecule has 2 fully saturated rings. The highest BCUT2D eigenvalue weighted by atomic mass is 32.2. The zero-order chi connectivity index (χ0) is 32.8. The topological polar surface area (TPSA) is 141 Å². The van der Waals surface area contributed by atoms with Crippen molar-refractivity contribution in [3.63, 3.8) is 0 Å². The van der Waals surface area contributed by atoms with E-state index in [-0.39, 0.29) is 35.2 Å². The summed E-state index contributed by atoms with van der Waals surface area (Å²) in [5, 5.41) is 13.5. The molecule has 2 heterocycles. The third-order valence-corrected chi connectivity index (χ3v) is 10.3. The van der Waals surface area contributed by atoms with E-state index in [4.69, 9.17) is 18.9 Å². The van der Waals surface area contributed by atoms with Gasteiger partial charge in [0.1, 0.15) is 23.8 Å². The van der Waals surface area contributed by atoms with E-state index in [0.717, 1.165) is 4.31 Å². The summed E-state index contributed by atoms with van der Waals surface area (Å²) in [4.78, 5) is 25.1. The van der Waals surface area contributed by atoms with E-state index in [1.54, 1.807) is 36.4 Å². The molecule has 248 valence electrons. The lowest BCUT2D eigenvalue weighted by atomic mass is 9.80. The standard InChI is InChI=1S/C33H46N2O9S/c1-6-25(37)14-16-33(3,4)19-24-18-26(12-13-28(24)41-5)45(39,40)35(20-23-10-8-7-9-11-23)30(22(2)36)34-32(38)44-29-21-43-31-27(29)15-17-42-31/h7-13,18,22,27,29-31,36H,6,14-17,19-21H2,1-5H3,(H,34,38)/t22-,27+,29+,30+,31-/m1/s1. The van der Waals surface area contributed by atoms with Gasteiger partial charge >= 0.3 is 6.09 Å². The molecule has 45 heavy (non-hydrogen) atoms. The van der Waals surface area contributed by atoms with E-state index >= 15 is 0 Å². The molecule has 2 saturated heterocycles. The Morgan fingerprint density at radius 1 is 1.16 bits per heavy atom. The smallest absolute Gasteiger partial charge is 0.408 e. The molecule has 2 aromatic carbocycles. The monoisotopic (exact) mass is 646 g/mol. The van der Waals surface area contributed by atoms with Crippen LogP contribution in [0.1, 0.15) is 64.5 Å². The Balaban J connectivity index is 1.64. The highest BCUT2D eigenvalue weighted by Crippen LogP contribution is 2.35. The molecule has 12 heteroatoms. The molecule has 0 aliphatic carbocycles. The van der Waals surface area contributed by atoms with E-state index in [9.17, 15) is 23.1 Å². The van der Waals surface area contributed by atoms with Crippen molar-refractivity contribution >= 4 is 21.9 Å². The first-order valence-electron chi connectivity index (χ1n) is 15.5. The molecule has 2 N–H and O–H groups in total. The van der Waals surface area contributed by atoms with Gasteiger partial charge < -0.3 is 29.4 Å². The molecule has 0 bridgehead atoms. The number of ether oxygens (including phenoxy) is 4. The van der Waals surface area contributed by atoms with E-state index < -0.39 is 40.8 Å². The molecule has 1 amide bonds. The molecule has 0 aromatic heterocycles. The van der Waals surface area contributed by atoms with Gasteiger partial charge in [-0.1, -0.05) is 51.1 Å². The number of nitrogens with zero attached hydrogens (tertiary/aromatic N) is 1. The van der Waals surface area contributed by atoms with Gasteiger partial charge in [-0.05, 0) is 60.9 Å². The predicted molar refractivity (Wildman–Crippen MR) is 167 cm³/mol. The minimum absolute atomic E-state index is 0.0226. The van der Waals surface area contributed by atoms with Gasteiger partial charge in [-0.2, -0.15) is 4.31 Å². The summed E-state index contributed by atoms with van der Waals surface area (Å²) in [5.41, 5.74) is 1.01. The molecule has 2 aliphatic heterocycles. The highest BCUT2D eigenvalue weighted by molar-refractivity contribution is 7.89. The quantitative estimate of drug-likeness (QED) is 0.269. The number of amides is 1. The number of rotatable bonds is 15. The van der Waals surface area contributed by atoms with Crippen molar-refractivity contribution in [3.05, 3.63) is 59.7 Å². The van der Waals surface area contributed by atoms with Gasteiger partial charge in [0.05, 0.1) is 37.2 Å². The first-order chi connectivity index (χ1) is 21.3. The maximum Gasteiger partial charge on any atom is 0.408 e. The van der Waals surface area contributed by atoms with Crippen LogP contribution >= 0.6 is 0 Å². The second kappa shape index (κ2) is 15.0.